The van der Waals surface area contributed by atoms with Crippen LogP contribution in [0.1, 0.15) is 21.5 Å². The molecule has 3 N–H and O–H groups in total. The second kappa shape index (κ2) is 9.91. The molecule has 1 aromatic heterocycles. The van der Waals surface area contributed by atoms with Crippen molar-refractivity contribution in [3.8, 4) is 0 Å². The molecule has 0 atom stereocenters. The molecule has 0 radical (unpaired) electrons. The minimum absolute atomic E-state index is 0.232. The Bertz CT molecular complexity index is 995. The van der Waals surface area contributed by atoms with Crippen LogP contribution in [0.5, 0.6) is 0 Å². The third-order valence-electron chi connectivity index (χ3n) is 4.04. The molecule has 3 aromatic rings. The highest BCUT2D eigenvalue weighted by atomic mass is 35.5. The predicted molar refractivity (Wildman–Crippen MR) is 114 cm³/mol. The lowest BCUT2D eigenvalue weighted by molar-refractivity contribution is 0.0951. The monoisotopic (exact) mass is 428 g/mol. The smallest absolute Gasteiger partial charge is 0.319 e. The van der Waals surface area contributed by atoms with Crippen LogP contribution in [0, 0.1) is 0 Å². The normalized spacial score (nSPS) is 10.3. The van der Waals surface area contributed by atoms with Crippen LogP contribution >= 0.6 is 23.2 Å². The zero-order chi connectivity index (χ0) is 20.6. The summed E-state index contributed by atoms with van der Waals surface area (Å²) in [4.78, 5) is 28.2. The lowest BCUT2D eigenvalue weighted by Gasteiger charge is -2.09. The molecule has 29 heavy (non-hydrogen) atoms. The predicted octanol–water partition coefficient (Wildman–Crippen LogP) is 4.64. The maximum Gasteiger partial charge on any atom is 0.319 e. The highest BCUT2D eigenvalue weighted by molar-refractivity contribution is 6.42. The Labute approximate surface area is 178 Å². The summed E-state index contributed by atoms with van der Waals surface area (Å²) in [7, 11) is 0. The van der Waals surface area contributed by atoms with Crippen LogP contribution in [0.25, 0.3) is 0 Å². The Morgan fingerprint density at radius 3 is 2.17 bits per heavy atom. The number of nitrogens with zero attached hydrogens (tertiary/aromatic N) is 1. The van der Waals surface area contributed by atoms with Crippen molar-refractivity contribution in [3.05, 3.63) is 93.7 Å². The van der Waals surface area contributed by atoms with Crippen molar-refractivity contribution in [1.29, 1.82) is 0 Å². The highest BCUT2D eigenvalue weighted by Gasteiger charge is 2.07. The van der Waals surface area contributed by atoms with Crippen molar-refractivity contribution in [2.75, 3.05) is 5.32 Å². The molecule has 8 heteroatoms. The van der Waals surface area contributed by atoms with Crippen molar-refractivity contribution in [1.82, 2.24) is 15.6 Å². The molecule has 0 aliphatic heterocycles. The number of anilines is 1. The van der Waals surface area contributed by atoms with Crippen LogP contribution in [0.3, 0.4) is 0 Å². The summed E-state index contributed by atoms with van der Waals surface area (Å²) in [5.41, 5.74) is 2.85. The van der Waals surface area contributed by atoms with Crippen molar-refractivity contribution in [3.63, 3.8) is 0 Å². The zero-order valence-corrected chi connectivity index (χ0v) is 16.8. The number of amides is 3. The molecule has 148 valence electrons. The van der Waals surface area contributed by atoms with Crippen molar-refractivity contribution in [2.45, 2.75) is 13.1 Å². The molecule has 0 aliphatic rings. The number of aromatic nitrogens is 1. The van der Waals surface area contributed by atoms with Gasteiger partial charge < -0.3 is 16.0 Å². The van der Waals surface area contributed by atoms with Crippen molar-refractivity contribution >= 4 is 40.8 Å². The molecular weight excluding hydrogens is 411 g/mol. The lowest BCUT2D eigenvalue weighted by atomic mass is 10.1. The van der Waals surface area contributed by atoms with Gasteiger partial charge in [0.05, 0.1) is 10.0 Å². The summed E-state index contributed by atoms with van der Waals surface area (Å²) in [6.45, 7) is 0.719. The van der Waals surface area contributed by atoms with E-state index in [1.807, 2.05) is 12.1 Å². The van der Waals surface area contributed by atoms with Gasteiger partial charge in [0.25, 0.3) is 5.91 Å². The van der Waals surface area contributed by atoms with E-state index < -0.39 is 0 Å². The van der Waals surface area contributed by atoms with E-state index in [1.54, 1.807) is 54.9 Å². The molecule has 2 aromatic carbocycles. The Morgan fingerprint density at radius 1 is 0.793 bits per heavy atom. The fourth-order valence-corrected chi connectivity index (χ4v) is 2.82. The Hall–Kier alpha value is -3.09. The van der Waals surface area contributed by atoms with Gasteiger partial charge in [-0.3, -0.25) is 9.78 Å². The molecule has 0 fully saturated rings. The van der Waals surface area contributed by atoms with E-state index in [2.05, 4.69) is 20.9 Å². The third-order valence-corrected chi connectivity index (χ3v) is 4.78. The second-order valence-corrected chi connectivity index (χ2v) is 6.99. The Morgan fingerprint density at radius 2 is 1.48 bits per heavy atom. The number of carbonyl (C=O) groups excluding carboxylic acids is 2. The SMILES string of the molecule is O=C(NCc1ccncc1)Nc1ccc(C(=O)NCc2ccc(Cl)c(Cl)c2)cc1. The minimum Gasteiger partial charge on any atom is -0.348 e. The Balaban J connectivity index is 1.49. The third kappa shape index (κ3) is 6.20. The van der Waals surface area contributed by atoms with Crippen LogP contribution in [-0.2, 0) is 13.1 Å². The maximum atomic E-state index is 12.3. The molecule has 1 heterocycles. The van der Waals surface area contributed by atoms with Gasteiger partial charge in [-0.2, -0.15) is 0 Å². The quantitative estimate of drug-likeness (QED) is 0.534. The van der Waals surface area contributed by atoms with E-state index in [0.29, 0.717) is 34.4 Å². The van der Waals surface area contributed by atoms with Crippen molar-refractivity contribution < 1.29 is 9.59 Å². The van der Waals surface area contributed by atoms with E-state index in [9.17, 15) is 9.59 Å². The fourth-order valence-electron chi connectivity index (χ4n) is 2.50. The summed E-state index contributed by atoms with van der Waals surface area (Å²) in [6, 6.07) is 15.1. The molecule has 0 unspecified atom stereocenters. The van der Waals surface area contributed by atoms with Gasteiger partial charge in [0.2, 0.25) is 0 Å². The van der Waals surface area contributed by atoms with Gasteiger partial charge in [-0.15, -0.1) is 0 Å². The van der Waals surface area contributed by atoms with Crippen molar-refractivity contribution in [2.24, 2.45) is 0 Å². The minimum atomic E-state index is -0.335. The van der Waals surface area contributed by atoms with Crippen LogP contribution < -0.4 is 16.0 Å². The first-order valence-electron chi connectivity index (χ1n) is 8.77. The van der Waals surface area contributed by atoms with Crippen LogP contribution in [0.2, 0.25) is 10.0 Å². The summed E-state index contributed by atoms with van der Waals surface area (Å²) in [6.07, 6.45) is 3.33. The average Bonchev–Trinajstić information content (AvgIpc) is 2.74. The zero-order valence-electron chi connectivity index (χ0n) is 15.3. The average molecular weight is 429 g/mol. The molecule has 0 aliphatic carbocycles. The molecule has 3 amide bonds. The van der Waals surface area contributed by atoms with Gasteiger partial charge in [-0.05, 0) is 59.7 Å². The molecule has 0 bridgehead atoms. The summed E-state index contributed by atoms with van der Waals surface area (Å²) in [5, 5.41) is 9.20. The highest BCUT2D eigenvalue weighted by Crippen LogP contribution is 2.22. The number of carbonyl (C=O) groups is 2. The standard InChI is InChI=1S/C21H18Cl2N4O2/c22-18-6-1-15(11-19(18)23)13-25-20(28)16-2-4-17(5-3-16)27-21(29)26-12-14-7-9-24-10-8-14/h1-11H,12-13H2,(H,25,28)(H2,26,27,29). The number of rotatable bonds is 6. The topological polar surface area (TPSA) is 83.1 Å². The van der Waals surface area contributed by atoms with Gasteiger partial charge in [-0.25, -0.2) is 4.79 Å². The van der Waals surface area contributed by atoms with Gasteiger partial charge in [0, 0.05) is 36.7 Å². The number of benzene rings is 2. The lowest BCUT2D eigenvalue weighted by Crippen LogP contribution is -2.28. The van der Waals surface area contributed by atoms with Crippen LogP contribution in [0.4, 0.5) is 10.5 Å². The number of nitrogens with one attached hydrogen (secondary N) is 3. The molecule has 3 rings (SSSR count). The van der Waals surface area contributed by atoms with E-state index in [-0.39, 0.29) is 11.9 Å². The van der Waals surface area contributed by atoms with E-state index >= 15 is 0 Å². The van der Waals surface area contributed by atoms with Gasteiger partial charge in [-0.1, -0.05) is 29.3 Å². The van der Waals surface area contributed by atoms with Gasteiger partial charge in [0.1, 0.15) is 0 Å². The second-order valence-electron chi connectivity index (χ2n) is 6.17. The molecule has 0 saturated carbocycles. The first-order valence-corrected chi connectivity index (χ1v) is 9.53. The van der Waals surface area contributed by atoms with Crippen LogP contribution in [0.15, 0.2) is 67.0 Å². The largest absolute Gasteiger partial charge is 0.348 e. The Kier molecular flexibility index (Phi) is 7.05. The number of halogens is 2. The number of pyridine rings is 1. The number of hydrogen-bond donors (Lipinski definition) is 3. The van der Waals surface area contributed by atoms with E-state index in [4.69, 9.17) is 23.2 Å². The molecule has 0 saturated heterocycles. The number of urea groups is 1. The van der Waals surface area contributed by atoms with Gasteiger partial charge in [0.15, 0.2) is 0 Å². The van der Waals surface area contributed by atoms with E-state index in [1.165, 1.54) is 0 Å². The molecule has 6 nitrogen and oxygen atoms in total. The first kappa shape index (κ1) is 20.6. The first-order chi connectivity index (χ1) is 14.0. The number of hydrogen-bond acceptors (Lipinski definition) is 3. The molecular formula is C21H18Cl2N4O2. The summed E-state index contributed by atoms with van der Waals surface area (Å²) >= 11 is 11.9. The fraction of sp³-hybridized carbons (Fsp3) is 0.0952. The maximum absolute atomic E-state index is 12.3. The summed E-state index contributed by atoms with van der Waals surface area (Å²) < 4.78 is 0. The van der Waals surface area contributed by atoms with Crippen LogP contribution in [-0.4, -0.2) is 16.9 Å². The summed E-state index contributed by atoms with van der Waals surface area (Å²) in [5.74, 6) is -0.232. The molecule has 0 spiro atoms. The van der Waals surface area contributed by atoms with E-state index in [0.717, 1.165) is 11.1 Å². The van der Waals surface area contributed by atoms with Gasteiger partial charge >= 0.3 is 6.03 Å².